The molecule has 0 radical (unpaired) electrons. The summed E-state index contributed by atoms with van der Waals surface area (Å²) < 4.78 is 8.45. The molecule has 3 aromatic rings. The molecule has 10 nitrogen and oxygen atoms in total. The molecule has 0 saturated carbocycles. The summed E-state index contributed by atoms with van der Waals surface area (Å²) in [6.45, 7) is 3.77. The minimum Gasteiger partial charge on any atom is -0.471 e. The van der Waals surface area contributed by atoms with E-state index in [1.165, 1.54) is 28.0 Å². The molecule has 2 aromatic heterocycles. The van der Waals surface area contributed by atoms with Gasteiger partial charge in [-0.05, 0) is 31.0 Å². The van der Waals surface area contributed by atoms with Gasteiger partial charge in [0.2, 0.25) is 5.69 Å². The van der Waals surface area contributed by atoms with E-state index in [4.69, 9.17) is 4.74 Å². The fourth-order valence-corrected chi connectivity index (χ4v) is 2.62. The molecule has 3 rings (SSSR count). The fraction of sp³-hybridized carbons (Fsp3) is 0.278. The number of nitrogens with zero attached hydrogens (tertiary/aromatic N) is 5. The van der Waals surface area contributed by atoms with Crippen LogP contribution in [0, 0.1) is 17.0 Å². The normalized spacial score (nSPS) is 10.7. The van der Waals surface area contributed by atoms with Crippen molar-refractivity contribution in [2.45, 2.75) is 27.0 Å². The van der Waals surface area contributed by atoms with Crippen molar-refractivity contribution in [3.63, 3.8) is 0 Å². The van der Waals surface area contributed by atoms with E-state index in [-0.39, 0.29) is 18.1 Å². The second-order valence-electron chi connectivity index (χ2n) is 6.16. The highest BCUT2D eigenvalue weighted by Gasteiger charge is 2.29. The van der Waals surface area contributed by atoms with Crippen LogP contribution < -0.4 is 10.1 Å². The molecule has 0 fully saturated rings. The van der Waals surface area contributed by atoms with Crippen molar-refractivity contribution in [1.82, 2.24) is 19.6 Å². The average molecular weight is 384 g/mol. The first-order valence-electron chi connectivity index (χ1n) is 8.62. The van der Waals surface area contributed by atoms with Crippen LogP contribution in [0.4, 0.5) is 11.4 Å². The zero-order chi connectivity index (χ0) is 20.3. The highest BCUT2D eigenvalue weighted by molar-refractivity contribution is 6.05. The standard InChI is InChI=1S/C18H20N6O4/c1-4-13-5-7-15(8-6-13)28-11-23-10-14(9-19-23)20-18(25)16-17(24(26)27)12(2)22(3)21-16/h5-10H,4,11H2,1-3H3,(H,20,25). The molecule has 0 bridgehead atoms. The lowest BCUT2D eigenvalue weighted by atomic mass is 10.2. The second-order valence-corrected chi connectivity index (χ2v) is 6.16. The maximum atomic E-state index is 12.4. The number of anilines is 1. The van der Waals surface area contributed by atoms with Crippen molar-refractivity contribution in [3.8, 4) is 5.75 Å². The van der Waals surface area contributed by atoms with Gasteiger partial charge < -0.3 is 10.1 Å². The molecule has 0 aliphatic rings. The number of hydrogen-bond donors (Lipinski definition) is 1. The number of ether oxygens (including phenoxy) is 1. The number of benzene rings is 1. The summed E-state index contributed by atoms with van der Waals surface area (Å²) >= 11 is 0. The van der Waals surface area contributed by atoms with Gasteiger partial charge in [0, 0.05) is 7.05 Å². The number of rotatable bonds is 7. The average Bonchev–Trinajstić information content (AvgIpc) is 3.24. The lowest BCUT2D eigenvalue weighted by Crippen LogP contribution is -2.14. The van der Waals surface area contributed by atoms with E-state index in [1.54, 1.807) is 13.2 Å². The van der Waals surface area contributed by atoms with Crippen molar-refractivity contribution in [1.29, 1.82) is 0 Å². The first-order chi connectivity index (χ1) is 13.4. The first-order valence-corrected chi connectivity index (χ1v) is 8.62. The van der Waals surface area contributed by atoms with Crippen molar-refractivity contribution in [2.75, 3.05) is 5.32 Å². The number of nitro groups is 1. The summed E-state index contributed by atoms with van der Waals surface area (Å²) in [6, 6.07) is 7.75. The summed E-state index contributed by atoms with van der Waals surface area (Å²) in [5.74, 6) is 0.0314. The highest BCUT2D eigenvalue weighted by atomic mass is 16.6. The SMILES string of the molecule is CCc1ccc(OCn2cc(NC(=O)c3nn(C)c(C)c3[N+](=O)[O-])cn2)cc1. The van der Waals surface area contributed by atoms with Crippen molar-refractivity contribution < 1.29 is 14.5 Å². The number of aryl methyl sites for hydroxylation is 2. The third-order valence-corrected chi connectivity index (χ3v) is 4.29. The van der Waals surface area contributed by atoms with E-state index >= 15 is 0 Å². The van der Waals surface area contributed by atoms with Crippen LogP contribution in [0.5, 0.6) is 5.75 Å². The Morgan fingerprint density at radius 3 is 2.68 bits per heavy atom. The van der Waals surface area contributed by atoms with Gasteiger partial charge in [-0.2, -0.15) is 10.2 Å². The van der Waals surface area contributed by atoms with E-state index in [9.17, 15) is 14.9 Å². The molecule has 1 amide bonds. The number of carbonyl (C=O) groups is 1. The Balaban J connectivity index is 1.65. The van der Waals surface area contributed by atoms with Gasteiger partial charge in [-0.25, -0.2) is 4.68 Å². The minimum absolute atomic E-state index is 0.157. The smallest absolute Gasteiger partial charge is 0.322 e. The Labute approximate surface area is 160 Å². The van der Waals surface area contributed by atoms with Gasteiger partial charge in [0.15, 0.2) is 6.73 Å². The molecule has 28 heavy (non-hydrogen) atoms. The molecule has 0 aliphatic carbocycles. The van der Waals surface area contributed by atoms with Crippen LogP contribution >= 0.6 is 0 Å². The van der Waals surface area contributed by atoms with Crippen LogP contribution in [-0.4, -0.2) is 30.4 Å². The summed E-state index contributed by atoms with van der Waals surface area (Å²) in [5, 5.41) is 21.8. The molecular weight excluding hydrogens is 364 g/mol. The predicted octanol–water partition coefficient (Wildman–Crippen LogP) is 2.68. The zero-order valence-electron chi connectivity index (χ0n) is 15.7. The Morgan fingerprint density at radius 1 is 1.32 bits per heavy atom. The van der Waals surface area contributed by atoms with Crippen molar-refractivity contribution in [2.24, 2.45) is 7.05 Å². The van der Waals surface area contributed by atoms with Crippen LogP contribution in [0.1, 0.15) is 28.7 Å². The van der Waals surface area contributed by atoms with E-state index in [2.05, 4.69) is 22.4 Å². The quantitative estimate of drug-likeness (QED) is 0.494. The first kappa shape index (κ1) is 19.1. The van der Waals surface area contributed by atoms with Crippen LogP contribution in [0.3, 0.4) is 0 Å². The molecule has 1 aromatic carbocycles. The molecule has 1 N–H and O–H groups in total. The van der Waals surface area contributed by atoms with Crippen LogP contribution in [0.15, 0.2) is 36.7 Å². The third kappa shape index (κ3) is 4.00. The zero-order valence-corrected chi connectivity index (χ0v) is 15.7. The molecule has 0 atom stereocenters. The topological polar surface area (TPSA) is 117 Å². The minimum atomic E-state index is -0.675. The fourth-order valence-electron chi connectivity index (χ4n) is 2.62. The third-order valence-electron chi connectivity index (χ3n) is 4.29. The van der Waals surface area contributed by atoms with Crippen LogP contribution in [-0.2, 0) is 20.2 Å². The van der Waals surface area contributed by atoms with Gasteiger partial charge in [-0.15, -0.1) is 0 Å². The highest BCUT2D eigenvalue weighted by Crippen LogP contribution is 2.23. The summed E-state index contributed by atoms with van der Waals surface area (Å²) in [6.07, 6.45) is 3.96. The summed E-state index contributed by atoms with van der Waals surface area (Å²) in [5.41, 5.74) is 1.34. The monoisotopic (exact) mass is 384 g/mol. The Kier molecular flexibility index (Phi) is 5.39. The summed E-state index contributed by atoms with van der Waals surface area (Å²) in [4.78, 5) is 23.0. The van der Waals surface area contributed by atoms with E-state index < -0.39 is 10.8 Å². The van der Waals surface area contributed by atoms with Crippen LogP contribution in [0.2, 0.25) is 0 Å². The lowest BCUT2D eigenvalue weighted by molar-refractivity contribution is -0.385. The lowest BCUT2D eigenvalue weighted by Gasteiger charge is -2.06. The molecule has 2 heterocycles. The molecule has 0 saturated heterocycles. The molecule has 0 spiro atoms. The Morgan fingerprint density at radius 2 is 2.04 bits per heavy atom. The van der Waals surface area contributed by atoms with Crippen molar-refractivity contribution in [3.05, 3.63) is 63.7 Å². The van der Waals surface area contributed by atoms with Gasteiger partial charge in [-0.1, -0.05) is 19.1 Å². The van der Waals surface area contributed by atoms with Gasteiger partial charge >= 0.3 is 5.69 Å². The number of hydrogen-bond acceptors (Lipinski definition) is 6. The maximum Gasteiger partial charge on any atom is 0.322 e. The van der Waals surface area contributed by atoms with E-state index in [1.807, 2.05) is 24.3 Å². The van der Waals surface area contributed by atoms with Gasteiger partial charge in [0.05, 0.1) is 23.0 Å². The predicted molar refractivity (Wildman–Crippen MR) is 101 cm³/mol. The second kappa shape index (κ2) is 7.91. The Bertz CT molecular complexity index is 1010. The maximum absolute atomic E-state index is 12.4. The number of amides is 1. The summed E-state index contributed by atoms with van der Waals surface area (Å²) in [7, 11) is 1.54. The van der Waals surface area contributed by atoms with Gasteiger partial charge in [0.25, 0.3) is 5.91 Å². The largest absolute Gasteiger partial charge is 0.471 e. The van der Waals surface area contributed by atoms with E-state index in [0.29, 0.717) is 17.1 Å². The van der Waals surface area contributed by atoms with Gasteiger partial charge in [0.1, 0.15) is 11.4 Å². The molecular formula is C18H20N6O4. The Hall–Kier alpha value is -3.69. The van der Waals surface area contributed by atoms with Crippen molar-refractivity contribution >= 4 is 17.3 Å². The molecule has 146 valence electrons. The van der Waals surface area contributed by atoms with Gasteiger partial charge in [-0.3, -0.25) is 19.6 Å². The van der Waals surface area contributed by atoms with Crippen LogP contribution in [0.25, 0.3) is 0 Å². The number of nitrogens with one attached hydrogen (secondary N) is 1. The molecule has 10 heteroatoms. The number of aromatic nitrogens is 4. The molecule has 0 unspecified atom stereocenters. The molecule has 0 aliphatic heterocycles. The van der Waals surface area contributed by atoms with E-state index in [0.717, 1.165) is 6.42 Å². The number of carbonyl (C=O) groups excluding carboxylic acids is 1.